The van der Waals surface area contributed by atoms with E-state index < -0.39 is 0 Å². The van der Waals surface area contributed by atoms with Gasteiger partial charge in [-0.2, -0.15) is 0 Å². The number of carbonyl (C=O) groups is 1. The van der Waals surface area contributed by atoms with Gasteiger partial charge in [-0.15, -0.1) is 10.2 Å². The molecule has 1 aromatic heterocycles. The molecular weight excluding hydrogens is 318 g/mol. The number of amides is 1. The number of benzene rings is 1. The molecule has 1 heterocycles. The van der Waals surface area contributed by atoms with Gasteiger partial charge in [0.1, 0.15) is 16.5 Å². The van der Waals surface area contributed by atoms with Crippen molar-refractivity contribution in [3.05, 3.63) is 28.8 Å². The molecule has 0 aliphatic heterocycles. The molecule has 0 radical (unpaired) electrons. The molecule has 2 aromatic rings. The summed E-state index contributed by atoms with van der Waals surface area (Å²) in [6.07, 6.45) is 0.675. The molecule has 0 bridgehead atoms. The summed E-state index contributed by atoms with van der Waals surface area (Å²) in [4.78, 5) is 12.3. The molecule has 1 amide bonds. The molecule has 0 atom stereocenters. The number of rotatable bonds is 8. The Morgan fingerprint density at radius 1 is 1.17 bits per heavy atom. The van der Waals surface area contributed by atoms with E-state index in [1.165, 1.54) is 25.6 Å². The van der Waals surface area contributed by atoms with Crippen molar-refractivity contribution >= 4 is 22.4 Å². The van der Waals surface area contributed by atoms with Crippen LogP contribution in [0.3, 0.4) is 0 Å². The monoisotopic (exact) mass is 337 g/mol. The Bertz CT molecular complexity index is 638. The Labute approximate surface area is 138 Å². The van der Waals surface area contributed by atoms with Gasteiger partial charge < -0.3 is 14.2 Å². The second-order valence-corrected chi connectivity index (χ2v) is 5.57. The fraction of sp³-hybridized carbons (Fsp3) is 0.400. The number of methoxy groups -OCH3 is 2. The maximum absolute atomic E-state index is 12.3. The van der Waals surface area contributed by atoms with E-state index in [4.69, 9.17) is 14.2 Å². The third kappa shape index (κ3) is 4.90. The highest BCUT2D eigenvalue weighted by Gasteiger charge is 2.13. The van der Waals surface area contributed by atoms with Gasteiger partial charge in [0.2, 0.25) is 5.13 Å². The summed E-state index contributed by atoms with van der Waals surface area (Å²) < 4.78 is 15.6. The van der Waals surface area contributed by atoms with Crippen LogP contribution in [0.5, 0.6) is 11.5 Å². The topological polar surface area (TPSA) is 82.6 Å². The van der Waals surface area contributed by atoms with Gasteiger partial charge in [0, 0.05) is 24.7 Å². The minimum atomic E-state index is -0.297. The Morgan fingerprint density at radius 3 is 2.48 bits per heavy atom. The van der Waals surface area contributed by atoms with Gasteiger partial charge in [0.15, 0.2) is 0 Å². The van der Waals surface area contributed by atoms with E-state index in [9.17, 15) is 4.79 Å². The molecule has 7 nitrogen and oxygen atoms in total. The van der Waals surface area contributed by atoms with Crippen molar-refractivity contribution in [2.24, 2.45) is 0 Å². The predicted molar refractivity (Wildman–Crippen MR) is 87.6 cm³/mol. The summed E-state index contributed by atoms with van der Waals surface area (Å²) >= 11 is 1.33. The van der Waals surface area contributed by atoms with Crippen LogP contribution in [0.25, 0.3) is 0 Å². The quantitative estimate of drug-likeness (QED) is 0.745. The molecule has 0 fully saturated rings. The Balaban J connectivity index is 2.04. The van der Waals surface area contributed by atoms with Crippen molar-refractivity contribution in [3.8, 4) is 11.5 Å². The fourth-order valence-corrected chi connectivity index (χ4v) is 2.53. The number of aromatic nitrogens is 2. The van der Waals surface area contributed by atoms with E-state index in [1.54, 1.807) is 18.2 Å². The second kappa shape index (κ2) is 8.44. The summed E-state index contributed by atoms with van der Waals surface area (Å²) in [7, 11) is 3.07. The van der Waals surface area contributed by atoms with Gasteiger partial charge in [-0.3, -0.25) is 10.1 Å². The standard InChI is InChI=1S/C15H19N3O4S/c1-4-22-6-5-13-17-18-15(23-13)16-14(19)10-7-11(20-2)9-12(8-10)21-3/h7-9H,4-6H2,1-3H3,(H,16,18,19). The number of hydrogen-bond donors (Lipinski definition) is 1. The molecular formula is C15H19N3O4S. The predicted octanol–water partition coefficient (Wildman–Crippen LogP) is 2.39. The van der Waals surface area contributed by atoms with Crippen LogP contribution in [0.4, 0.5) is 5.13 Å². The molecule has 0 aliphatic rings. The van der Waals surface area contributed by atoms with Gasteiger partial charge in [-0.25, -0.2) is 0 Å². The van der Waals surface area contributed by atoms with Crippen molar-refractivity contribution in [3.63, 3.8) is 0 Å². The van der Waals surface area contributed by atoms with Crippen LogP contribution < -0.4 is 14.8 Å². The number of nitrogens with zero attached hydrogens (tertiary/aromatic N) is 2. The van der Waals surface area contributed by atoms with Gasteiger partial charge in [0.05, 0.1) is 20.8 Å². The molecule has 8 heteroatoms. The third-order valence-electron chi connectivity index (χ3n) is 2.97. The Morgan fingerprint density at radius 2 is 1.87 bits per heavy atom. The molecule has 0 aliphatic carbocycles. The third-order valence-corrected chi connectivity index (χ3v) is 3.86. The van der Waals surface area contributed by atoms with E-state index in [2.05, 4.69) is 15.5 Å². The van der Waals surface area contributed by atoms with Gasteiger partial charge in [0.25, 0.3) is 5.91 Å². The van der Waals surface area contributed by atoms with Crippen LogP contribution in [-0.4, -0.2) is 43.5 Å². The number of anilines is 1. The summed E-state index contributed by atoms with van der Waals surface area (Å²) in [5, 5.41) is 12.0. The molecule has 1 aromatic carbocycles. The molecule has 1 N–H and O–H groups in total. The summed E-state index contributed by atoms with van der Waals surface area (Å²) in [6, 6.07) is 4.97. The van der Waals surface area contributed by atoms with E-state index in [0.29, 0.717) is 41.8 Å². The van der Waals surface area contributed by atoms with Gasteiger partial charge in [-0.1, -0.05) is 11.3 Å². The zero-order chi connectivity index (χ0) is 16.7. The molecule has 124 valence electrons. The molecule has 23 heavy (non-hydrogen) atoms. The molecule has 0 saturated heterocycles. The van der Waals surface area contributed by atoms with Crippen molar-refractivity contribution in [1.29, 1.82) is 0 Å². The minimum absolute atomic E-state index is 0.297. The minimum Gasteiger partial charge on any atom is -0.497 e. The SMILES string of the molecule is CCOCCc1nnc(NC(=O)c2cc(OC)cc(OC)c2)s1. The van der Waals surface area contributed by atoms with Crippen LogP contribution >= 0.6 is 11.3 Å². The zero-order valence-corrected chi connectivity index (χ0v) is 14.1. The number of nitrogens with one attached hydrogen (secondary N) is 1. The normalized spacial score (nSPS) is 10.4. The Kier molecular flexibility index (Phi) is 6.30. The molecule has 2 rings (SSSR count). The van der Waals surface area contributed by atoms with Crippen LogP contribution in [0.2, 0.25) is 0 Å². The first-order valence-electron chi connectivity index (χ1n) is 7.10. The van der Waals surface area contributed by atoms with E-state index in [1.807, 2.05) is 6.92 Å². The van der Waals surface area contributed by atoms with Crippen molar-refractivity contribution in [2.45, 2.75) is 13.3 Å². The maximum atomic E-state index is 12.3. The second-order valence-electron chi connectivity index (χ2n) is 4.50. The Hall–Kier alpha value is -2.19. The first-order valence-corrected chi connectivity index (χ1v) is 7.92. The van der Waals surface area contributed by atoms with E-state index in [-0.39, 0.29) is 5.91 Å². The highest BCUT2D eigenvalue weighted by molar-refractivity contribution is 7.15. The van der Waals surface area contributed by atoms with Crippen molar-refractivity contribution in [1.82, 2.24) is 10.2 Å². The van der Waals surface area contributed by atoms with Crippen LogP contribution in [0, 0.1) is 0 Å². The summed E-state index contributed by atoms with van der Waals surface area (Å²) in [5.41, 5.74) is 0.423. The lowest BCUT2D eigenvalue weighted by molar-refractivity contribution is 0.102. The number of hydrogen-bond acceptors (Lipinski definition) is 7. The molecule has 0 saturated carbocycles. The number of carbonyl (C=O) groups excluding carboxylic acids is 1. The average molecular weight is 337 g/mol. The van der Waals surface area contributed by atoms with Crippen molar-refractivity contribution < 1.29 is 19.0 Å². The lowest BCUT2D eigenvalue weighted by Crippen LogP contribution is -2.12. The maximum Gasteiger partial charge on any atom is 0.257 e. The van der Waals surface area contributed by atoms with Gasteiger partial charge in [-0.05, 0) is 19.1 Å². The lowest BCUT2D eigenvalue weighted by atomic mass is 10.2. The summed E-state index contributed by atoms with van der Waals surface area (Å²) in [6.45, 7) is 3.19. The van der Waals surface area contributed by atoms with Crippen LogP contribution in [0.1, 0.15) is 22.3 Å². The van der Waals surface area contributed by atoms with Crippen LogP contribution in [-0.2, 0) is 11.2 Å². The van der Waals surface area contributed by atoms with E-state index in [0.717, 1.165) is 5.01 Å². The van der Waals surface area contributed by atoms with Crippen molar-refractivity contribution in [2.75, 3.05) is 32.8 Å². The zero-order valence-electron chi connectivity index (χ0n) is 13.3. The first-order chi connectivity index (χ1) is 11.2. The smallest absolute Gasteiger partial charge is 0.257 e. The summed E-state index contributed by atoms with van der Waals surface area (Å²) in [5.74, 6) is 0.794. The molecule has 0 unspecified atom stereocenters. The number of ether oxygens (including phenoxy) is 3. The van der Waals surface area contributed by atoms with E-state index >= 15 is 0 Å². The highest BCUT2D eigenvalue weighted by atomic mass is 32.1. The largest absolute Gasteiger partial charge is 0.497 e. The highest BCUT2D eigenvalue weighted by Crippen LogP contribution is 2.24. The fourth-order valence-electron chi connectivity index (χ4n) is 1.82. The lowest BCUT2D eigenvalue weighted by Gasteiger charge is -2.07. The molecule has 0 spiro atoms. The van der Waals surface area contributed by atoms with Gasteiger partial charge >= 0.3 is 0 Å². The van der Waals surface area contributed by atoms with Crippen LogP contribution in [0.15, 0.2) is 18.2 Å². The first kappa shape index (κ1) is 17.2. The average Bonchev–Trinajstić information content (AvgIpc) is 3.01.